The van der Waals surface area contributed by atoms with Gasteiger partial charge in [0, 0.05) is 0 Å². The summed E-state index contributed by atoms with van der Waals surface area (Å²) in [6.45, 7) is 3.60. The van der Waals surface area contributed by atoms with Crippen LogP contribution in [0.3, 0.4) is 0 Å². The number of nitrogens with zero attached hydrogens (tertiary/aromatic N) is 1. The number of hydrogen-bond acceptors (Lipinski definition) is 3. The molecule has 27 heavy (non-hydrogen) atoms. The molecule has 1 saturated heterocycles. The molecule has 0 aromatic heterocycles. The molecule has 1 fully saturated rings. The van der Waals surface area contributed by atoms with E-state index in [1.165, 1.54) is 0 Å². The molecule has 6 heteroatoms. The number of carbonyl (C=O) groups is 3. The fourth-order valence-corrected chi connectivity index (χ4v) is 3.14. The quantitative estimate of drug-likeness (QED) is 0.772. The third kappa shape index (κ3) is 4.16. The summed E-state index contributed by atoms with van der Waals surface area (Å²) in [6.07, 6.45) is 1.20. The highest BCUT2D eigenvalue weighted by Crippen LogP contribution is 2.22. The first-order chi connectivity index (χ1) is 12.9. The van der Waals surface area contributed by atoms with Gasteiger partial charge in [-0.1, -0.05) is 54.6 Å². The van der Waals surface area contributed by atoms with Crippen LogP contribution in [0.15, 0.2) is 54.6 Å². The first-order valence-electron chi connectivity index (χ1n) is 8.94. The van der Waals surface area contributed by atoms with E-state index in [4.69, 9.17) is 0 Å². The van der Waals surface area contributed by atoms with Crippen molar-refractivity contribution in [1.82, 2.24) is 15.8 Å². The van der Waals surface area contributed by atoms with Crippen molar-refractivity contribution in [2.45, 2.75) is 38.6 Å². The molecule has 0 bridgehead atoms. The Bertz CT molecular complexity index is 866. The first-order valence-corrected chi connectivity index (χ1v) is 8.94. The van der Waals surface area contributed by atoms with Crippen LogP contribution in [0.4, 0.5) is 4.79 Å². The minimum Gasteiger partial charge on any atom is -0.322 e. The molecule has 6 nitrogen and oxygen atoms in total. The number of hydrazine groups is 1. The Balaban J connectivity index is 1.63. The zero-order chi connectivity index (χ0) is 19.4. The van der Waals surface area contributed by atoms with E-state index < -0.39 is 23.4 Å². The predicted molar refractivity (Wildman–Crippen MR) is 102 cm³/mol. The molecule has 0 aliphatic carbocycles. The molecule has 3 rings (SSSR count). The molecule has 1 aliphatic rings. The highest BCUT2D eigenvalue weighted by Gasteiger charge is 2.48. The standard InChI is InChI=1S/C21H23N3O3/c1-15-8-6-7-11-17(15)14-18(25)23-24-19(26)21(2,22-20(24)27)13-12-16-9-4-3-5-10-16/h3-11H,12-14H2,1-2H3,(H,22,27)(H,23,25). The largest absolute Gasteiger partial charge is 0.344 e. The zero-order valence-corrected chi connectivity index (χ0v) is 15.5. The average molecular weight is 365 g/mol. The van der Waals surface area contributed by atoms with Crippen molar-refractivity contribution in [3.8, 4) is 0 Å². The van der Waals surface area contributed by atoms with Gasteiger partial charge in [-0.3, -0.25) is 15.0 Å². The normalized spacial score (nSPS) is 19.1. The van der Waals surface area contributed by atoms with Gasteiger partial charge < -0.3 is 5.32 Å². The maximum Gasteiger partial charge on any atom is 0.344 e. The Morgan fingerprint density at radius 2 is 1.74 bits per heavy atom. The summed E-state index contributed by atoms with van der Waals surface area (Å²) in [5.41, 5.74) is 4.33. The van der Waals surface area contributed by atoms with Crippen LogP contribution in [0.5, 0.6) is 0 Å². The van der Waals surface area contributed by atoms with Crippen molar-refractivity contribution in [2.75, 3.05) is 0 Å². The fourth-order valence-electron chi connectivity index (χ4n) is 3.14. The van der Waals surface area contributed by atoms with Crippen LogP contribution >= 0.6 is 0 Å². The van der Waals surface area contributed by atoms with Gasteiger partial charge in [-0.2, -0.15) is 5.01 Å². The lowest BCUT2D eigenvalue weighted by atomic mass is 9.93. The summed E-state index contributed by atoms with van der Waals surface area (Å²) >= 11 is 0. The van der Waals surface area contributed by atoms with Gasteiger partial charge in [0.15, 0.2) is 0 Å². The molecule has 1 heterocycles. The smallest absolute Gasteiger partial charge is 0.322 e. The van der Waals surface area contributed by atoms with Gasteiger partial charge in [-0.15, -0.1) is 0 Å². The summed E-state index contributed by atoms with van der Waals surface area (Å²) in [6, 6.07) is 16.7. The Morgan fingerprint density at radius 3 is 2.44 bits per heavy atom. The monoisotopic (exact) mass is 365 g/mol. The lowest BCUT2D eigenvalue weighted by molar-refractivity contribution is -0.138. The maximum absolute atomic E-state index is 12.7. The summed E-state index contributed by atoms with van der Waals surface area (Å²) in [5.74, 6) is -0.846. The minimum atomic E-state index is -1.04. The summed E-state index contributed by atoms with van der Waals surface area (Å²) < 4.78 is 0. The fraction of sp³-hybridized carbons (Fsp3) is 0.286. The van der Waals surface area contributed by atoms with Crippen LogP contribution in [-0.2, 0) is 22.4 Å². The molecular formula is C21H23N3O3. The average Bonchev–Trinajstić information content (AvgIpc) is 2.86. The molecule has 1 unspecified atom stereocenters. The molecule has 140 valence electrons. The van der Waals surface area contributed by atoms with Crippen molar-refractivity contribution in [1.29, 1.82) is 0 Å². The maximum atomic E-state index is 12.7. The molecule has 0 spiro atoms. The van der Waals surface area contributed by atoms with Gasteiger partial charge in [0.25, 0.3) is 5.91 Å². The lowest BCUT2D eigenvalue weighted by Crippen LogP contribution is -2.49. The van der Waals surface area contributed by atoms with Gasteiger partial charge in [-0.05, 0) is 43.4 Å². The number of hydrogen-bond donors (Lipinski definition) is 2. The number of urea groups is 1. The molecule has 1 aliphatic heterocycles. The van der Waals surface area contributed by atoms with Gasteiger partial charge >= 0.3 is 6.03 Å². The second-order valence-electron chi connectivity index (χ2n) is 7.03. The van der Waals surface area contributed by atoms with Crippen LogP contribution in [0.1, 0.15) is 30.0 Å². The summed E-state index contributed by atoms with van der Waals surface area (Å²) in [4.78, 5) is 37.3. The van der Waals surface area contributed by atoms with Crippen molar-refractivity contribution in [2.24, 2.45) is 0 Å². The molecule has 2 N–H and O–H groups in total. The molecule has 0 saturated carbocycles. The third-order valence-electron chi connectivity index (χ3n) is 4.87. The molecule has 4 amide bonds. The van der Waals surface area contributed by atoms with E-state index in [-0.39, 0.29) is 6.42 Å². The predicted octanol–water partition coefficient (Wildman–Crippen LogP) is 2.51. The van der Waals surface area contributed by atoms with Crippen molar-refractivity contribution >= 4 is 17.8 Å². The van der Waals surface area contributed by atoms with Crippen LogP contribution in [-0.4, -0.2) is 28.4 Å². The van der Waals surface area contributed by atoms with Gasteiger partial charge in [0.1, 0.15) is 5.54 Å². The third-order valence-corrected chi connectivity index (χ3v) is 4.87. The van der Waals surface area contributed by atoms with E-state index in [9.17, 15) is 14.4 Å². The van der Waals surface area contributed by atoms with E-state index >= 15 is 0 Å². The van der Waals surface area contributed by atoms with Crippen LogP contribution < -0.4 is 10.7 Å². The Labute approximate surface area is 158 Å². The topological polar surface area (TPSA) is 78.5 Å². The van der Waals surface area contributed by atoms with Crippen molar-refractivity contribution in [3.63, 3.8) is 0 Å². The van der Waals surface area contributed by atoms with Crippen LogP contribution in [0.2, 0.25) is 0 Å². The van der Waals surface area contributed by atoms with E-state index in [0.29, 0.717) is 12.8 Å². The van der Waals surface area contributed by atoms with E-state index in [0.717, 1.165) is 21.7 Å². The highest BCUT2D eigenvalue weighted by atomic mass is 16.2. The molecule has 1 atom stereocenters. The number of imide groups is 1. The number of benzene rings is 2. The number of carbonyl (C=O) groups excluding carboxylic acids is 3. The number of aryl methyl sites for hydroxylation is 2. The summed E-state index contributed by atoms with van der Waals surface area (Å²) in [7, 11) is 0. The first kappa shape index (κ1) is 18.6. The molecule has 2 aromatic carbocycles. The Hall–Kier alpha value is -3.15. The van der Waals surface area contributed by atoms with E-state index in [1.54, 1.807) is 6.92 Å². The van der Waals surface area contributed by atoms with Gasteiger partial charge in [0.2, 0.25) is 5.91 Å². The highest BCUT2D eigenvalue weighted by molar-refractivity contribution is 6.07. The van der Waals surface area contributed by atoms with Crippen molar-refractivity contribution in [3.05, 3.63) is 71.3 Å². The number of rotatable bonds is 6. The van der Waals surface area contributed by atoms with E-state index in [2.05, 4.69) is 10.7 Å². The van der Waals surface area contributed by atoms with Gasteiger partial charge in [-0.25, -0.2) is 4.79 Å². The second-order valence-corrected chi connectivity index (χ2v) is 7.03. The minimum absolute atomic E-state index is 0.102. The molecular weight excluding hydrogens is 342 g/mol. The van der Waals surface area contributed by atoms with E-state index in [1.807, 2.05) is 61.5 Å². The number of nitrogens with one attached hydrogen (secondary N) is 2. The molecule has 0 radical (unpaired) electrons. The lowest BCUT2D eigenvalue weighted by Gasteiger charge is -2.21. The zero-order valence-electron chi connectivity index (χ0n) is 15.5. The van der Waals surface area contributed by atoms with Gasteiger partial charge in [0.05, 0.1) is 6.42 Å². The molecule has 2 aromatic rings. The van der Waals surface area contributed by atoms with Crippen LogP contribution in [0.25, 0.3) is 0 Å². The summed E-state index contributed by atoms with van der Waals surface area (Å²) in [5, 5.41) is 3.50. The SMILES string of the molecule is Cc1ccccc1CC(=O)NN1C(=O)NC(C)(CCc2ccccc2)C1=O. The second kappa shape index (κ2) is 7.61. The van der Waals surface area contributed by atoms with Crippen molar-refractivity contribution < 1.29 is 14.4 Å². The Kier molecular flexibility index (Phi) is 5.26. The van der Waals surface area contributed by atoms with Crippen LogP contribution in [0, 0.1) is 6.92 Å². The Morgan fingerprint density at radius 1 is 1.07 bits per heavy atom. The number of amides is 4.